The van der Waals surface area contributed by atoms with Crippen molar-refractivity contribution in [2.24, 2.45) is 11.8 Å². The smallest absolute Gasteiger partial charge is 0.0115 e. The minimum atomic E-state index is 0.659. The van der Waals surface area contributed by atoms with Crippen molar-refractivity contribution in [3.05, 3.63) is 11.6 Å². The molecular formula is C10H20S. The van der Waals surface area contributed by atoms with E-state index in [1.807, 2.05) is 0 Å². The van der Waals surface area contributed by atoms with Crippen molar-refractivity contribution < 1.29 is 0 Å². The minimum Gasteiger partial charge on any atom is -0.175 e. The fraction of sp³-hybridized carbons (Fsp3) is 0.800. The quantitative estimate of drug-likeness (QED) is 0.486. The highest BCUT2D eigenvalue weighted by molar-refractivity contribution is 7.80. The van der Waals surface area contributed by atoms with E-state index in [0.717, 1.165) is 11.7 Å². The lowest BCUT2D eigenvalue weighted by Crippen LogP contribution is -1.96. The zero-order valence-electron chi connectivity index (χ0n) is 8.09. The number of thiol groups is 1. The van der Waals surface area contributed by atoms with Crippen LogP contribution in [0, 0.1) is 11.8 Å². The molecule has 1 heteroatoms. The van der Waals surface area contributed by atoms with E-state index in [4.69, 9.17) is 0 Å². The van der Waals surface area contributed by atoms with E-state index < -0.39 is 0 Å². The Morgan fingerprint density at radius 2 is 1.82 bits per heavy atom. The summed E-state index contributed by atoms with van der Waals surface area (Å²) in [6.07, 6.45) is 3.52. The number of rotatable bonds is 4. The van der Waals surface area contributed by atoms with Crippen LogP contribution in [0.3, 0.4) is 0 Å². The lowest BCUT2D eigenvalue weighted by atomic mass is 10.0. The average molecular weight is 172 g/mol. The van der Waals surface area contributed by atoms with Crippen LogP contribution < -0.4 is 0 Å². The molecule has 0 heterocycles. The van der Waals surface area contributed by atoms with Crippen LogP contribution in [0.1, 0.15) is 34.1 Å². The van der Waals surface area contributed by atoms with Gasteiger partial charge in [-0.05, 0) is 18.3 Å². The maximum atomic E-state index is 4.29. The molecule has 0 unspecified atom stereocenters. The van der Waals surface area contributed by atoms with Crippen molar-refractivity contribution in [3.8, 4) is 0 Å². The molecule has 0 fully saturated rings. The summed E-state index contributed by atoms with van der Waals surface area (Å²) in [4.78, 5) is 0. The second-order valence-corrected chi connectivity index (χ2v) is 4.04. The Labute approximate surface area is 76.5 Å². The highest BCUT2D eigenvalue weighted by Crippen LogP contribution is 2.13. The van der Waals surface area contributed by atoms with Gasteiger partial charge in [-0.15, -0.1) is 0 Å². The van der Waals surface area contributed by atoms with Crippen molar-refractivity contribution in [1.82, 2.24) is 0 Å². The predicted molar refractivity (Wildman–Crippen MR) is 56.2 cm³/mol. The van der Waals surface area contributed by atoms with Crippen molar-refractivity contribution >= 4 is 12.6 Å². The Morgan fingerprint density at radius 3 is 2.09 bits per heavy atom. The summed E-state index contributed by atoms with van der Waals surface area (Å²) in [5.41, 5.74) is 1.47. The van der Waals surface area contributed by atoms with Crippen molar-refractivity contribution in [2.45, 2.75) is 34.1 Å². The van der Waals surface area contributed by atoms with Crippen molar-refractivity contribution in [3.63, 3.8) is 0 Å². The topological polar surface area (TPSA) is 0 Å². The standard InChI is InChI=1S/C10H20S/c1-8(2)5-6-10(7-11)9(3)4/h6,8-9,11H,5,7H2,1-4H3/b10-6-. The fourth-order valence-electron chi connectivity index (χ4n) is 0.870. The van der Waals surface area contributed by atoms with E-state index in [9.17, 15) is 0 Å². The third kappa shape index (κ3) is 5.37. The molecule has 0 aliphatic rings. The number of allylic oxidation sites excluding steroid dienone is 1. The SMILES string of the molecule is CC(C)C/C=C(/CS)C(C)C. The summed E-state index contributed by atoms with van der Waals surface area (Å²) in [5, 5.41) is 0. The summed E-state index contributed by atoms with van der Waals surface area (Å²) in [6.45, 7) is 8.94. The zero-order valence-corrected chi connectivity index (χ0v) is 8.99. The summed E-state index contributed by atoms with van der Waals surface area (Å²) in [6, 6.07) is 0. The van der Waals surface area contributed by atoms with Gasteiger partial charge in [-0.1, -0.05) is 39.3 Å². The maximum absolute atomic E-state index is 4.29. The van der Waals surface area contributed by atoms with E-state index in [2.05, 4.69) is 46.4 Å². The second kappa shape index (κ2) is 5.70. The Morgan fingerprint density at radius 1 is 1.27 bits per heavy atom. The Kier molecular flexibility index (Phi) is 5.75. The molecule has 0 aromatic heterocycles. The first kappa shape index (κ1) is 11.1. The van der Waals surface area contributed by atoms with Gasteiger partial charge in [0.1, 0.15) is 0 Å². The van der Waals surface area contributed by atoms with Gasteiger partial charge in [0.15, 0.2) is 0 Å². The molecule has 0 N–H and O–H groups in total. The molecule has 66 valence electrons. The first-order valence-corrected chi connectivity index (χ1v) is 5.01. The second-order valence-electron chi connectivity index (χ2n) is 3.72. The largest absolute Gasteiger partial charge is 0.175 e. The number of hydrogen-bond acceptors (Lipinski definition) is 1. The van der Waals surface area contributed by atoms with Crippen LogP contribution in [0.5, 0.6) is 0 Å². The molecule has 11 heavy (non-hydrogen) atoms. The van der Waals surface area contributed by atoms with E-state index in [1.54, 1.807) is 0 Å². The van der Waals surface area contributed by atoms with Crippen LogP contribution in [0.4, 0.5) is 0 Å². The molecule has 0 saturated carbocycles. The molecule has 0 aromatic rings. The molecule has 0 aliphatic carbocycles. The third-order valence-electron chi connectivity index (χ3n) is 1.78. The van der Waals surface area contributed by atoms with Gasteiger partial charge in [-0.3, -0.25) is 0 Å². The van der Waals surface area contributed by atoms with Gasteiger partial charge in [0.25, 0.3) is 0 Å². The maximum Gasteiger partial charge on any atom is 0.0115 e. The van der Waals surface area contributed by atoms with Crippen LogP contribution in [0.2, 0.25) is 0 Å². The summed E-state index contributed by atoms with van der Waals surface area (Å²) in [5.74, 6) is 2.33. The van der Waals surface area contributed by atoms with E-state index in [0.29, 0.717) is 5.92 Å². The molecule has 0 spiro atoms. The first-order chi connectivity index (χ1) is 5.07. The molecule has 0 aromatic carbocycles. The Balaban J connectivity index is 3.91. The normalized spacial score (nSPS) is 13.2. The highest BCUT2D eigenvalue weighted by Gasteiger charge is 2.00. The molecule has 0 atom stereocenters. The van der Waals surface area contributed by atoms with Gasteiger partial charge >= 0.3 is 0 Å². The highest BCUT2D eigenvalue weighted by atomic mass is 32.1. The van der Waals surface area contributed by atoms with Gasteiger partial charge in [0.05, 0.1) is 0 Å². The molecule has 0 saturated heterocycles. The lowest BCUT2D eigenvalue weighted by Gasteiger charge is -2.08. The predicted octanol–water partition coefficient (Wildman–Crippen LogP) is 3.54. The van der Waals surface area contributed by atoms with Crippen LogP contribution in [-0.2, 0) is 0 Å². The van der Waals surface area contributed by atoms with Crippen LogP contribution in [0.15, 0.2) is 11.6 Å². The van der Waals surface area contributed by atoms with Gasteiger partial charge in [-0.2, -0.15) is 12.6 Å². The molecule has 0 nitrogen and oxygen atoms in total. The van der Waals surface area contributed by atoms with Gasteiger partial charge in [0.2, 0.25) is 0 Å². The monoisotopic (exact) mass is 172 g/mol. The van der Waals surface area contributed by atoms with E-state index in [1.165, 1.54) is 12.0 Å². The van der Waals surface area contributed by atoms with E-state index >= 15 is 0 Å². The lowest BCUT2D eigenvalue weighted by molar-refractivity contribution is 0.651. The fourth-order valence-corrected chi connectivity index (χ4v) is 1.36. The van der Waals surface area contributed by atoms with Crippen molar-refractivity contribution in [2.75, 3.05) is 5.75 Å². The summed E-state index contributed by atoms with van der Waals surface area (Å²) >= 11 is 4.29. The van der Waals surface area contributed by atoms with Crippen LogP contribution in [0.25, 0.3) is 0 Å². The zero-order chi connectivity index (χ0) is 8.85. The van der Waals surface area contributed by atoms with Gasteiger partial charge in [-0.25, -0.2) is 0 Å². The summed E-state index contributed by atoms with van der Waals surface area (Å²) in [7, 11) is 0. The molecule has 0 radical (unpaired) electrons. The van der Waals surface area contributed by atoms with Crippen LogP contribution in [-0.4, -0.2) is 5.75 Å². The average Bonchev–Trinajstić information content (AvgIpc) is 1.87. The molecule has 0 rings (SSSR count). The van der Waals surface area contributed by atoms with Gasteiger partial charge < -0.3 is 0 Å². The molecule has 0 amide bonds. The van der Waals surface area contributed by atoms with Crippen molar-refractivity contribution in [1.29, 1.82) is 0 Å². The number of hydrogen-bond donors (Lipinski definition) is 1. The molecular weight excluding hydrogens is 152 g/mol. The molecule has 0 aliphatic heterocycles. The third-order valence-corrected chi connectivity index (χ3v) is 2.14. The van der Waals surface area contributed by atoms with Gasteiger partial charge in [0, 0.05) is 5.75 Å². The minimum absolute atomic E-state index is 0.659. The first-order valence-electron chi connectivity index (χ1n) is 4.37. The molecule has 0 bridgehead atoms. The Hall–Kier alpha value is 0.0900. The van der Waals surface area contributed by atoms with Crippen LogP contribution >= 0.6 is 12.6 Å². The Bertz CT molecular complexity index is 123. The van der Waals surface area contributed by atoms with E-state index in [-0.39, 0.29) is 0 Å². The summed E-state index contributed by atoms with van der Waals surface area (Å²) < 4.78 is 0.